The predicted octanol–water partition coefficient (Wildman–Crippen LogP) is 3.87. The second-order valence-corrected chi connectivity index (χ2v) is 6.15. The SMILES string of the molecule is Cc1ccccc1SC1(C(=O)O)CCCCC1. The lowest BCUT2D eigenvalue weighted by Crippen LogP contribution is -2.37. The molecule has 0 bridgehead atoms. The van der Waals surface area contributed by atoms with Gasteiger partial charge in [0.1, 0.15) is 4.75 Å². The molecule has 2 nitrogen and oxygen atoms in total. The van der Waals surface area contributed by atoms with E-state index in [0.717, 1.165) is 30.6 Å². The molecule has 1 aromatic carbocycles. The van der Waals surface area contributed by atoms with Crippen molar-refractivity contribution < 1.29 is 9.90 Å². The van der Waals surface area contributed by atoms with Crippen LogP contribution in [0.1, 0.15) is 37.7 Å². The van der Waals surface area contributed by atoms with Crippen molar-refractivity contribution in [2.24, 2.45) is 0 Å². The minimum Gasteiger partial charge on any atom is -0.480 e. The van der Waals surface area contributed by atoms with E-state index in [2.05, 4.69) is 0 Å². The number of carboxylic acids is 1. The van der Waals surface area contributed by atoms with Gasteiger partial charge in [-0.25, -0.2) is 0 Å². The first kappa shape index (κ1) is 12.5. The number of rotatable bonds is 3. The third kappa shape index (κ3) is 2.65. The van der Waals surface area contributed by atoms with E-state index in [4.69, 9.17) is 0 Å². The van der Waals surface area contributed by atoms with Gasteiger partial charge in [-0.3, -0.25) is 4.79 Å². The summed E-state index contributed by atoms with van der Waals surface area (Å²) >= 11 is 1.55. The summed E-state index contributed by atoms with van der Waals surface area (Å²) in [6.45, 7) is 2.04. The quantitative estimate of drug-likeness (QED) is 0.884. The van der Waals surface area contributed by atoms with E-state index >= 15 is 0 Å². The van der Waals surface area contributed by atoms with Crippen molar-refractivity contribution in [2.75, 3.05) is 0 Å². The van der Waals surface area contributed by atoms with E-state index < -0.39 is 10.7 Å². The molecule has 17 heavy (non-hydrogen) atoms. The third-order valence-electron chi connectivity index (χ3n) is 3.45. The Morgan fingerprint density at radius 1 is 1.24 bits per heavy atom. The zero-order valence-electron chi connectivity index (χ0n) is 10.1. The van der Waals surface area contributed by atoms with Crippen LogP contribution in [0.25, 0.3) is 0 Å². The topological polar surface area (TPSA) is 37.3 Å². The van der Waals surface area contributed by atoms with Crippen molar-refractivity contribution >= 4 is 17.7 Å². The lowest BCUT2D eigenvalue weighted by molar-refractivity contribution is -0.140. The summed E-state index contributed by atoms with van der Waals surface area (Å²) in [6.07, 6.45) is 4.82. The number of carboxylic acid groups (broad SMARTS) is 1. The molecule has 1 fully saturated rings. The first-order chi connectivity index (χ1) is 8.14. The molecule has 0 radical (unpaired) electrons. The Balaban J connectivity index is 2.24. The van der Waals surface area contributed by atoms with Gasteiger partial charge in [0, 0.05) is 4.90 Å². The highest BCUT2D eigenvalue weighted by molar-refractivity contribution is 8.01. The molecule has 1 aliphatic carbocycles. The summed E-state index contributed by atoms with van der Waals surface area (Å²) in [5, 5.41) is 9.52. The van der Waals surface area contributed by atoms with E-state index in [-0.39, 0.29) is 0 Å². The first-order valence-electron chi connectivity index (χ1n) is 6.12. The lowest BCUT2D eigenvalue weighted by atomic mass is 9.88. The summed E-state index contributed by atoms with van der Waals surface area (Å²) in [4.78, 5) is 12.7. The average molecular weight is 250 g/mol. The number of hydrogen-bond donors (Lipinski definition) is 1. The van der Waals surface area contributed by atoms with E-state index in [1.807, 2.05) is 31.2 Å². The summed E-state index contributed by atoms with van der Waals surface area (Å²) in [5.41, 5.74) is 1.17. The van der Waals surface area contributed by atoms with E-state index in [1.54, 1.807) is 11.8 Å². The monoisotopic (exact) mass is 250 g/mol. The molecule has 1 N–H and O–H groups in total. The number of hydrogen-bond acceptors (Lipinski definition) is 2. The molecule has 1 aromatic rings. The smallest absolute Gasteiger partial charge is 0.320 e. The summed E-state index contributed by atoms with van der Waals surface area (Å²) in [7, 11) is 0. The molecule has 92 valence electrons. The molecule has 0 heterocycles. The van der Waals surface area contributed by atoms with Gasteiger partial charge in [-0.05, 0) is 31.4 Å². The summed E-state index contributed by atoms with van der Waals surface area (Å²) < 4.78 is -0.593. The Kier molecular flexibility index (Phi) is 3.77. The highest BCUT2D eigenvalue weighted by atomic mass is 32.2. The predicted molar refractivity (Wildman–Crippen MR) is 70.5 cm³/mol. The van der Waals surface area contributed by atoms with Gasteiger partial charge in [-0.1, -0.05) is 37.5 Å². The van der Waals surface area contributed by atoms with Crippen LogP contribution in [0.5, 0.6) is 0 Å². The van der Waals surface area contributed by atoms with Gasteiger partial charge in [0.25, 0.3) is 0 Å². The van der Waals surface area contributed by atoms with E-state index in [1.165, 1.54) is 12.0 Å². The van der Waals surface area contributed by atoms with Crippen LogP contribution in [-0.4, -0.2) is 15.8 Å². The molecule has 1 saturated carbocycles. The van der Waals surface area contributed by atoms with Crippen LogP contribution in [0, 0.1) is 6.92 Å². The highest BCUT2D eigenvalue weighted by Gasteiger charge is 2.40. The fraction of sp³-hybridized carbons (Fsp3) is 0.500. The largest absolute Gasteiger partial charge is 0.480 e. The highest BCUT2D eigenvalue weighted by Crippen LogP contribution is 2.44. The Hall–Kier alpha value is -0.960. The van der Waals surface area contributed by atoms with Gasteiger partial charge in [-0.2, -0.15) is 0 Å². The van der Waals surface area contributed by atoms with Gasteiger partial charge in [-0.15, -0.1) is 11.8 Å². The maximum Gasteiger partial charge on any atom is 0.320 e. The van der Waals surface area contributed by atoms with Gasteiger partial charge in [0.15, 0.2) is 0 Å². The van der Waals surface area contributed by atoms with Crippen molar-refractivity contribution in [3.63, 3.8) is 0 Å². The molecule has 2 rings (SSSR count). The lowest BCUT2D eigenvalue weighted by Gasteiger charge is -2.32. The molecular weight excluding hydrogens is 232 g/mol. The molecule has 0 spiro atoms. The second kappa shape index (κ2) is 5.13. The van der Waals surface area contributed by atoms with Crippen molar-refractivity contribution in [3.05, 3.63) is 29.8 Å². The van der Waals surface area contributed by atoms with Crippen LogP contribution in [0.3, 0.4) is 0 Å². The Labute approximate surface area is 106 Å². The second-order valence-electron chi connectivity index (χ2n) is 4.73. The number of aliphatic carboxylic acids is 1. The van der Waals surface area contributed by atoms with Crippen LogP contribution in [0.4, 0.5) is 0 Å². The van der Waals surface area contributed by atoms with Crippen molar-refractivity contribution in [2.45, 2.75) is 48.7 Å². The van der Waals surface area contributed by atoms with Crippen LogP contribution in [0.2, 0.25) is 0 Å². The average Bonchev–Trinajstić information content (AvgIpc) is 2.33. The molecular formula is C14H18O2S. The van der Waals surface area contributed by atoms with Crippen LogP contribution >= 0.6 is 11.8 Å². The molecule has 1 aliphatic rings. The zero-order valence-corrected chi connectivity index (χ0v) is 10.9. The molecule has 0 atom stereocenters. The van der Waals surface area contributed by atoms with Gasteiger partial charge >= 0.3 is 5.97 Å². The van der Waals surface area contributed by atoms with E-state index in [0.29, 0.717) is 0 Å². The maximum absolute atomic E-state index is 11.6. The van der Waals surface area contributed by atoms with Crippen LogP contribution in [0.15, 0.2) is 29.2 Å². The molecule has 0 amide bonds. The molecule has 0 aliphatic heterocycles. The zero-order chi connectivity index (χ0) is 12.3. The van der Waals surface area contributed by atoms with Crippen LogP contribution < -0.4 is 0 Å². The number of benzene rings is 1. The Morgan fingerprint density at radius 3 is 2.47 bits per heavy atom. The summed E-state index contributed by atoms with van der Waals surface area (Å²) in [5.74, 6) is -0.648. The fourth-order valence-electron chi connectivity index (χ4n) is 2.36. The van der Waals surface area contributed by atoms with Gasteiger partial charge in [0.2, 0.25) is 0 Å². The normalized spacial score (nSPS) is 18.9. The number of carbonyl (C=O) groups is 1. The minimum atomic E-state index is -0.648. The van der Waals surface area contributed by atoms with Crippen LogP contribution in [-0.2, 0) is 4.79 Å². The standard InChI is InChI=1S/C14H18O2S/c1-11-7-3-4-8-12(11)17-14(13(15)16)9-5-2-6-10-14/h3-4,7-8H,2,5-6,9-10H2,1H3,(H,15,16). The van der Waals surface area contributed by atoms with Crippen molar-refractivity contribution in [1.29, 1.82) is 0 Å². The third-order valence-corrected chi connectivity index (χ3v) is 5.10. The maximum atomic E-state index is 11.6. The van der Waals surface area contributed by atoms with Crippen molar-refractivity contribution in [1.82, 2.24) is 0 Å². The number of aryl methyl sites for hydroxylation is 1. The first-order valence-corrected chi connectivity index (χ1v) is 6.94. The van der Waals surface area contributed by atoms with Crippen molar-refractivity contribution in [3.8, 4) is 0 Å². The number of thioether (sulfide) groups is 1. The molecule has 3 heteroatoms. The van der Waals surface area contributed by atoms with Gasteiger partial charge in [0.05, 0.1) is 0 Å². The van der Waals surface area contributed by atoms with Gasteiger partial charge < -0.3 is 5.11 Å². The minimum absolute atomic E-state index is 0.593. The molecule has 0 saturated heterocycles. The Bertz CT molecular complexity index is 408. The fourth-order valence-corrected chi connectivity index (χ4v) is 3.74. The van der Waals surface area contributed by atoms with E-state index in [9.17, 15) is 9.90 Å². The summed E-state index contributed by atoms with van der Waals surface area (Å²) in [6, 6.07) is 8.04. The Morgan fingerprint density at radius 2 is 1.88 bits per heavy atom. The molecule has 0 aromatic heterocycles. The molecule has 0 unspecified atom stereocenters.